The highest BCUT2D eigenvalue weighted by Gasteiger charge is 2.30. The number of aryl methyl sites for hydroxylation is 1. The Bertz CT molecular complexity index is 1480. The Morgan fingerprint density at radius 2 is 1.56 bits per heavy atom. The highest BCUT2D eigenvalue weighted by atomic mass is 35.5. The van der Waals surface area contributed by atoms with Gasteiger partial charge in [0.25, 0.3) is 0 Å². The first-order valence-corrected chi connectivity index (χ1v) is 17.5. The molecule has 8 nitrogen and oxygen atoms in total. The van der Waals surface area contributed by atoms with Crippen LogP contribution in [0, 0.1) is 0 Å². The van der Waals surface area contributed by atoms with Crippen molar-refractivity contribution in [3.8, 4) is 0 Å². The van der Waals surface area contributed by atoms with Gasteiger partial charge in [0.05, 0.1) is 11.0 Å². The van der Waals surface area contributed by atoms with Crippen molar-refractivity contribution in [2.75, 3.05) is 26.2 Å². The molecule has 4 rings (SSSR count). The van der Waals surface area contributed by atoms with Gasteiger partial charge >= 0.3 is 0 Å². The lowest BCUT2D eigenvalue weighted by Crippen LogP contribution is -2.50. The SMILES string of the molecule is CC(C)OCCCNC(=O)[C@@H](Cc1ccccc1)N(Cc1ccc(Cl)cc1)C(=O)CCc1ccc(S(=O)(=O)N2CCCC2)cc1. The van der Waals surface area contributed by atoms with Crippen molar-refractivity contribution < 1.29 is 22.7 Å². The quantitative estimate of drug-likeness (QED) is 0.202. The fourth-order valence-electron chi connectivity index (χ4n) is 5.36. The Kier molecular flexibility index (Phi) is 13.0. The molecule has 3 aromatic carbocycles. The van der Waals surface area contributed by atoms with E-state index in [-0.39, 0.29) is 35.8 Å². The number of hydrogen-bond acceptors (Lipinski definition) is 5. The minimum absolute atomic E-state index is 0.115. The van der Waals surface area contributed by atoms with Gasteiger partial charge in [-0.2, -0.15) is 4.31 Å². The number of sulfonamides is 1. The number of nitrogens with one attached hydrogen (secondary N) is 1. The molecule has 1 atom stereocenters. The molecule has 0 unspecified atom stereocenters. The van der Waals surface area contributed by atoms with Crippen molar-refractivity contribution in [1.29, 1.82) is 0 Å². The third-order valence-electron chi connectivity index (χ3n) is 7.86. The van der Waals surface area contributed by atoms with E-state index in [9.17, 15) is 18.0 Å². The number of halogens is 1. The second kappa shape index (κ2) is 16.9. The maximum absolute atomic E-state index is 14.0. The van der Waals surface area contributed by atoms with Crippen LogP contribution in [0.2, 0.25) is 5.02 Å². The molecular formula is C35H44ClN3O5S. The van der Waals surface area contributed by atoms with Gasteiger partial charge in [0.15, 0.2) is 0 Å². The van der Waals surface area contributed by atoms with Gasteiger partial charge in [-0.15, -0.1) is 0 Å². The molecule has 0 bridgehead atoms. The highest BCUT2D eigenvalue weighted by Crippen LogP contribution is 2.22. The summed E-state index contributed by atoms with van der Waals surface area (Å²) in [6, 6.07) is 23.0. The predicted octanol–water partition coefficient (Wildman–Crippen LogP) is 5.63. The largest absolute Gasteiger partial charge is 0.379 e. The standard InChI is InChI=1S/C35H44ClN3O5S/c1-27(2)44-24-8-21-37-35(41)33(25-29-9-4-3-5-10-29)39(26-30-11-16-31(36)17-12-30)34(40)20-15-28-13-18-32(19-14-28)45(42,43)38-22-6-7-23-38/h3-5,9-14,16-19,27,33H,6-8,15,20-26H2,1-2H3,(H,37,41)/t33-/m1/s1. The van der Waals surface area contributed by atoms with Gasteiger partial charge in [0.2, 0.25) is 21.8 Å². The predicted molar refractivity (Wildman–Crippen MR) is 177 cm³/mol. The summed E-state index contributed by atoms with van der Waals surface area (Å²) < 4.78 is 33.0. The van der Waals surface area contributed by atoms with E-state index in [1.54, 1.807) is 41.3 Å². The van der Waals surface area contributed by atoms with Gasteiger partial charge in [-0.3, -0.25) is 9.59 Å². The summed E-state index contributed by atoms with van der Waals surface area (Å²) in [4.78, 5) is 29.6. The second-order valence-corrected chi connectivity index (χ2v) is 14.0. The first-order chi connectivity index (χ1) is 21.6. The molecule has 1 saturated heterocycles. The summed E-state index contributed by atoms with van der Waals surface area (Å²) >= 11 is 6.13. The van der Waals surface area contributed by atoms with Crippen LogP contribution in [0.3, 0.4) is 0 Å². The smallest absolute Gasteiger partial charge is 0.243 e. The van der Waals surface area contributed by atoms with E-state index >= 15 is 0 Å². The number of carbonyl (C=O) groups excluding carboxylic acids is 2. The fourth-order valence-corrected chi connectivity index (χ4v) is 7.00. The molecule has 1 aliphatic rings. The number of carbonyl (C=O) groups is 2. The molecule has 2 amide bonds. The zero-order valence-corrected chi connectivity index (χ0v) is 27.7. The molecule has 242 valence electrons. The Hall–Kier alpha value is -3.24. The number of ether oxygens (including phenoxy) is 1. The number of benzene rings is 3. The molecular weight excluding hydrogens is 610 g/mol. The number of rotatable bonds is 16. The maximum atomic E-state index is 14.0. The first-order valence-electron chi connectivity index (χ1n) is 15.7. The number of nitrogens with zero attached hydrogens (tertiary/aromatic N) is 2. The van der Waals surface area contributed by atoms with Crippen molar-refractivity contribution >= 4 is 33.4 Å². The highest BCUT2D eigenvalue weighted by molar-refractivity contribution is 7.89. The van der Waals surface area contributed by atoms with Crippen molar-refractivity contribution in [2.45, 2.75) is 76.0 Å². The topological polar surface area (TPSA) is 96.0 Å². The maximum Gasteiger partial charge on any atom is 0.243 e. The molecule has 3 aromatic rings. The Labute approximate surface area is 272 Å². The lowest BCUT2D eigenvalue weighted by molar-refractivity contribution is -0.141. The van der Waals surface area contributed by atoms with Crippen molar-refractivity contribution in [3.05, 3.63) is 101 Å². The van der Waals surface area contributed by atoms with E-state index in [2.05, 4.69) is 5.32 Å². The van der Waals surface area contributed by atoms with Crippen LogP contribution in [0.15, 0.2) is 83.8 Å². The molecule has 1 N–H and O–H groups in total. The molecule has 10 heteroatoms. The molecule has 0 saturated carbocycles. The van der Waals surface area contributed by atoms with Gasteiger partial charge in [0.1, 0.15) is 6.04 Å². The van der Waals surface area contributed by atoms with Gasteiger partial charge in [-0.25, -0.2) is 8.42 Å². The third kappa shape index (κ3) is 10.4. The number of hydrogen-bond donors (Lipinski definition) is 1. The van der Waals surface area contributed by atoms with E-state index in [4.69, 9.17) is 16.3 Å². The van der Waals surface area contributed by atoms with Gasteiger partial charge in [0, 0.05) is 50.7 Å². The van der Waals surface area contributed by atoms with Crippen molar-refractivity contribution in [1.82, 2.24) is 14.5 Å². The van der Waals surface area contributed by atoms with Crippen molar-refractivity contribution in [3.63, 3.8) is 0 Å². The third-order valence-corrected chi connectivity index (χ3v) is 10.0. The molecule has 1 fully saturated rings. The molecule has 1 aliphatic heterocycles. The van der Waals surface area contributed by atoms with E-state index in [1.807, 2.05) is 56.3 Å². The van der Waals surface area contributed by atoms with Crippen LogP contribution in [0.25, 0.3) is 0 Å². The summed E-state index contributed by atoms with van der Waals surface area (Å²) in [5, 5.41) is 3.62. The van der Waals surface area contributed by atoms with Crippen LogP contribution >= 0.6 is 11.6 Å². The summed E-state index contributed by atoms with van der Waals surface area (Å²) in [6.07, 6.45) is 3.46. The second-order valence-electron chi connectivity index (χ2n) is 11.7. The van der Waals surface area contributed by atoms with E-state index in [0.29, 0.717) is 50.5 Å². The zero-order valence-electron chi connectivity index (χ0n) is 26.2. The summed E-state index contributed by atoms with van der Waals surface area (Å²) in [5.41, 5.74) is 2.66. The van der Waals surface area contributed by atoms with Gasteiger partial charge < -0.3 is 15.0 Å². The van der Waals surface area contributed by atoms with Crippen LogP contribution in [-0.4, -0.2) is 67.8 Å². The molecule has 0 radical (unpaired) electrons. The summed E-state index contributed by atoms with van der Waals surface area (Å²) in [7, 11) is -3.51. The summed E-state index contributed by atoms with van der Waals surface area (Å²) in [6.45, 7) is 6.25. The minimum atomic E-state index is -3.51. The van der Waals surface area contributed by atoms with Crippen LogP contribution < -0.4 is 5.32 Å². The van der Waals surface area contributed by atoms with Crippen LogP contribution in [0.4, 0.5) is 0 Å². The number of amides is 2. The van der Waals surface area contributed by atoms with Crippen LogP contribution in [-0.2, 0) is 43.7 Å². The molecule has 0 aliphatic carbocycles. The molecule has 45 heavy (non-hydrogen) atoms. The molecule has 0 aromatic heterocycles. The van der Waals surface area contributed by atoms with E-state index in [1.165, 1.54) is 4.31 Å². The van der Waals surface area contributed by atoms with Gasteiger partial charge in [-0.1, -0.05) is 66.2 Å². The first kappa shape index (κ1) is 34.6. The Balaban J connectivity index is 1.52. The van der Waals surface area contributed by atoms with Crippen LogP contribution in [0.5, 0.6) is 0 Å². The lowest BCUT2D eigenvalue weighted by Gasteiger charge is -2.32. The minimum Gasteiger partial charge on any atom is -0.379 e. The monoisotopic (exact) mass is 653 g/mol. The fraction of sp³-hybridized carbons (Fsp3) is 0.429. The summed E-state index contributed by atoms with van der Waals surface area (Å²) in [5.74, 6) is -0.389. The van der Waals surface area contributed by atoms with Crippen molar-refractivity contribution in [2.24, 2.45) is 0 Å². The van der Waals surface area contributed by atoms with Crippen LogP contribution in [0.1, 0.15) is 56.2 Å². The Morgan fingerprint density at radius 3 is 2.20 bits per heavy atom. The van der Waals surface area contributed by atoms with Gasteiger partial charge in [-0.05, 0) is 80.5 Å². The van der Waals surface area contributed by atoms with E-state index < -0.39 is 16.1 Å². The zero-order chi connectivity index (χ0) is 32.2. The molecule has 1 heterocycles. The lowest BCUT2D eigenvalue weighted by atomic mass is 10.0. The average Bonchev–Trinajstić information content (AvgIpc) is 3.59. The normalized spacial score (nSPS) is 14.4. The Morgan fingerprint density at radius 1 is 0.911 bits per heavy atom. The average molecular weight is 654 g/mol. The molecule has 0 spiro atoms. The van der Waals surface area contributed by atoms with E-state index in [0.717, 1.165) is 29.5 Å².